The first-order chi connectivity index (χ1) is 12.0. The summed E-state index contributed by atoms with van der Waals surface area (Å²) in [6.45, 7) is 1.68. The Hall–Kier alpha value is -2.58. The summed E-state index contributed by atoms with van der Waals surface area (Å²) >= 11 is 5.90. The largest absolute Gasteiger partial charge is 0.370 e. The fourth-order valence-corrected chi connectivity index (χ4v) is 3.48. The number of carbonyl (C=O) groups is 1. The molecule has 4 N–H and O–H groups in total. The molecule has 0 aromatic heterocycles. The lowest BCUT2D eigenvalue weighted by Crippen LogP contribution is -2.24. The number of aliphatic imine (C=N–C) groups is 1. The van der Waals surface area contributed by atoms with E-state index < -0.39 is 21.7 Å². The van der Waals surface area contributed by atoms with Crippen molar-refractivity contribution in [3.05, 3.63) is 52.5 Å². The van der Waals surface area contributed by atoms with Crippen LogP contribution < -0.4 is 16.4 Å². The van der Waals surface area contributed by atoms with Gasteiger partial charge in [0.2, 0.25) is 0 Å². The van der Waals surface area contributed by atoms with Crippen molar-refractivity contribution in [2.75, 3.05) is 18.2 Å². The zero-order valence-electron chi connectivity index (χ0n) is 14.5. The molecule has 2 aromatic rings. The Bertz CT molecular complexity index is 982. The molecule has 0 aliphatic heterocycles. The van der Waals surface area contributed by atoms with Crippen LogP contribution in [-0.2, 0) is 9.84 Å². The predicted molar refractivity (Wildman–Crippen MR) is 104 cm³/mol. The average molecular weight is 395 g/mol. The van der Waals surface area contributed by atoms with Crippen molar-refractivity contribution in [2.24, 2.45) is 16.5 Å². The smallest absolute Gasteiger partial charge is 0.280 e. The third-order valence-electron chi connectivity index (χ3n) is 3.74. The number of nitrogens with zero attached hydrogens (tertiary/aromatic N) is 2. The van der Waals surface area contributed by atoms with E-state index >= 15 is 0 Å². The van der Waals surface area contributed by atoms with Crippen molar-refractivity contribution in [3.63, 3.8) is 0 Å². The summed E-state index contributed by atoms with van der Waals surface area (Å²) in [5.41, 5.74) is 12.3. The van der Waals surface area contributed by atoms with Crippen LogP contribution in [-0.4, -0.2) is 33.6 Å². The maximum Gasteiger partial charge on any atom is 0.280 e. The molecule has 0 fully saturated rings. The van der Waals surface area contributed by atoms with E-state index in [9.17, 15) is 13.2 Å². The van der Waals surface area contributed by atoms with Gasteiger partial charge in [-0.25, -0.2) is 8.42 Å². The van der Waals surface area contributed by atoms with Gasteiger partial charge in [-0.2, -0.15) is 4.99 Å². The number of carbonyl (C=O) groups excluding carboxylic acids is 1. The van der Waals surface area contributed by atoms with Crippen LogP contribution in [0, 0.1) is 6.92 Å². The van der Waals surface area contributed by atoms with Gasteiger partial charge in [-0.05, 0) is 48.9 Å². The zero-order valence-corrected chi connectivity index (χ0v) is 16.1. The Morgan fingerprint density at radius 3 is 2.23 bits per heavy atom. The number of anilines is 2. The molecule has 1 amide bonds. The highest BCUT2D eigenvalue weighted by molar-refractivity contribution is 7.90. The quantitative estimate of drug-likeness (QED) is 0.606. The molecule has 9 heteroatoms. The van der Waals surface area contributed by atoms with Gasteiger partial charge in [0.15, 0.2) is 15.8 Å². The van der Waals surface area contributed by atoms with Gasteiger partial charge in [0.1, 0.15) is 0 Å². The molecule has 0 heterocycles. The number of hydrogen-bond acceptors (Lipinski definition) is 4. The van der Waals surface area contributed by atoms with Crippen LogP contribution in [0.25, 0.3) is 0 Å². The lowest BCUT2D eigenvalue weighted by Gasteiger charge is -2.23. The molecule has 2 aromatic carbocycles. The number of aryl methyl sites for hydroxylation is 1. The molecular weight excluding hydrogens is 376 g/mol. The number of nitrogens with two attached hydrogens (primary N) is 2. The lowest BCUT2D eigenvalue weighted by molar-refractivity contribution is 0.100. The Morgan fingerprint density at radius 1 is 1.15 bits per heavy atom. The molecule has 0 saturated carbocycles. The molecule has 0 aliphatic carbocycles. The van der Waals surface area contributed by atoms with Crippen LogP contribution in [0.4, 0.5) is 11.4 Å². The summed E-state index contributed by atoms with van der Waals surface area (Å²) in [4.78, 5) is 17.4. The molecule has 7 nitrogen and oxygen atoms in total. The van der Waals surface area contributed by atoms with Crippen LogP contribution in [0.15, 0.2) is 46.3 Å². The standard InChI is InChI=1S/C17H19ClN4O3S/c1-10-8-14(22(2)12-6-4-11(18)5-7-12)15(26(3,24)25)9-13(10)16(23)21-17(19)20/h4-9H,1-3H3,(H4,19,20,21,23). The summed E-state index contributed by atoms with van der Waals surface area (Å²) in [6.07, 6.45) is 1.08. The molecule has 26 heavy (non-hydrogen) atoms. The number of sulfone groups is 1. The maximum absolute atomic E-state index is 12.3. The van der Waals surface area contributed by atoms with E-state index in [4.69, 9.17) is 23.1 Å². The van der Waals surface area contributed by atoms with Crippen LogP contribution in [0.3, 0.4) is 0 Å². The van der Waals surface area contributed by atoms with E-state index in [-0.39, 0.29) is 10.5 Å². The van der Waals surface area contributed by atoms with E-state index in [1.54, 1.807) is 49.2 Å². The highest BCUT2D eigenvalue weighted by Gasteiger charge is 2.22. The summed E-state index contributed by atoms with van der Waals surface area (Å²) in [6, 6.07) is 9.85. The lowest BCUT2D eigenvalue weighted by atomic mass is 10.1. The van der Waals surface area contributed by atoms with E-state index in [0.717, 1.165) is 11.9 Å². The minimum atomic E-state index is -3.63. The number of benzene rings is 2. The minimum absolute atomic E-state index is 0.00491. The third-order valence-corrected chi connectivity index (χ3v) is 5.12. The van der Waals surface area contributed by atoms with Gasteiger partial charge in [-0.1, -0.05) is 11.6 Å². The molecular formula is C17H19ClN4O3S. The van der Waals surface area contributed by atoms with Gasteiger partial charge < -0.3 is 16.4 Å². The Labute approximate surface area is 157 Å². The van der Waals surface area contributed by atoms with Crippen LogP contribution in [0.2, 0.25) is 5.02 Å². The molecule has 0 saturated heterocycles. The van der Waals surface area contributed by atoms with Crippen LogP contribution >= 0.6 is 11.6 Å². The number of halogens is 1. The van der Waals surface area contributed by atoms with Crippen molar-refractivity contribution in [3.8, 4) is 0 Å². The van der Waals surface area contributed by atoms with Crippen molar-refractivity contribution in [1.29, 1.82) is 0 Å². The first-order valence-electron chi connectivity index (χ1n) is 7.48. The first kappa shape index (κ1) is 19.7. The highest BCUT2D eigenvalue weighted by atomic mass is 35.5. The second-order valence-corrected chi connectivity index (χ2v) is 8.20. The molecule has 0 atom stereocenters. The van der Waals surface area contributed by atoms with Gasteiger partial charge in [0.25, 0.3) is 5.91 Å². The molecule has 0 bridgehead atoms. The van der Waals surface area contributed by atoms with Gasteiger partial charge >= 0.3 is 0 Å². The minimum Gasteiger partial charge on any atom is -0.370 e. The topological polar surface area (TPSA) is 119 Å². The monoisotopic (exact) mass is 394 g/mol. The summed E-state index contributed by atoms with van der Waals surface area (Å²) in [5, 5.41) is 0.569. The highest BCUT2D eigenvalue weighted by Crippen LogP contribution is 2.33. The Morgan fingerprint density at radius 2 is 1.73 bits per heavy atom. The van der Waals surface area contributed by atoms with Crippen molar-refractivity contribution in [1.82, 2.24) is 0 Å². The number of rotatable bonds is 4. The first-order valence-corrected chi connectivity index (χ1v) is 9.75. The number of hydrogen-bond donors (Lipinski definition) is 2. The summed E-state index contributed by atoms with van der Waals surface area (Å²) in [5.74, 6) is -1.09. The second-order valence-electron chi connectivity index (χ2n) is 5.78. The van der Waals surface area contributed by atoms with E-state index in [2.05, 4.69) is 4.99 Å². The second kappa shape index (κ2) is 7.35. The number of amides is 1. The predicted octanol–water partition coefficient (Wildman–Crippen LogP) is 2.23. The van der Waals surface area contributed by atoms with Crippen molar-refractivity contribution in [2.45, 2.75) is 11.8 Å². The summed E-state index contributed by atoms with van der Waals surface area (Å²) < 4.78 is 24.6. The molecule has 0 radical (unpaired) electrons. The number of guanidine groups is 1. The van der Waals surface area contributed by atoms with E-state index in [1.807, 2.05) is 0 Å². The van der Waals surface area contributed by atoms with Crippen LogP contribution in [0.1, 0.15) is 15.9 Å². The Balaban J connectivity index is 2.66. The van der Waals surface area contributed by atoms with Gasteiger partial charge in [-0.3, -0.25) is 4.79 Å². The Kier molecular flexibility index (Phi) is 5.58. The van der Waals surface area contributed by atoms with Gasteiger partial charge in [0.05, 0.1) is 10.6 Å². The fraction of sp³-hybridized carbons (Fsp3) is 0.176. The maximum atomic E-state index is 12.3. The molecule has 0 unspecified atom stereocenters. The normalized spacial score (nSPS) is 11.1. The summed E-state index contributed by atoms with van der Waals surface area (Å²) in [7, 11) is -1.90. The van der Waals surface area contributed by atoms with Crippen molar-refractivity contribution < 1.29 is 13.2 Å². The SMILES string of the molecule is Cc1cc(N(C)c2ccc(Cl)cc2)c(S(C)(=O)=O)cc1C(=O)N=C(N)N. The van der Waals surface area contributed by atoms with Gasteiger partial charge in [-0.15, -0.1) is 0 Å². The molecule has 138 valence electrons. The van der Waals surface area contributed by atoms with Crippen molar-refractivity contribution >= 4 is 44.7 Å². The molecule has 0 aliphatic rings. The van der Waals surface area contributed by atoms with E-state index in [0.29, 0.717) is 16.3 Å². The fourth-order valence-electron chi connectivity index (χ4n) is 2.44. The van der Waals surface area contributed by atoms with Gasteiger partial charge in [0, 0.05) is 29.6 Å². The molecule has 0 spiro atoms. The van der Waals surface area contributed by atoms with Crippen LogP contribution in [0.5, 0.6) is 0 Å². The third kappa shape index (κ3) is 4.33. The average Bonchev–Trinajstić information content (AvgIpc) is 2.52. The molecule has 2 rings (SSSR count). The zero-order chi connectivity index (χ0) is 19.6. The van der Waals surface area contributed by atoms with E-state index in [1.165, 1.54) is 6.07 Å².